The van der Waals surface area contributed by atoms with Crippen LogP contribution in [0.5, 0.6) is 0 Å². The fourth-order valence-corrected chi connectivity index (χ4v) is 4.07. The molecule has 1 unspecified atom stereocenters. The maximum atomic E-state index is 13.0. The number of sulfonamides is 1. The van der Waals surface area contributed by atoms with Crippen LogP contribution in [-0.4, -0.2) is 32.8 Å². The van der Waals surface area contributed by atoms with Crippen LogP contribution in [0.2, 0.25) is 0 Å². The summed E-state index contributed by atoms with van der Waals surface area (Å²) in [5, 5.41) is 2.55. The Hall–Kier alpha value is -2.78. The highest BCUT2D eigenvalue weighted by Gasteiger charge is 2.35. The molecule has 1 fully saturated rings. The molecule has 1 saturated heterocycles. The quantitative estimate of drug-likeness (QED) is 0.813. The van der Waals surface area contributed by atoms with E-state index < -0.39 is 21.9 Å². The van der Waals surface area contributed by atoms with Crippen molar-refractivity contribution in [1.82, 2.24) is 4.72 Å². The number of carbonyl (C=O) groups excluding carboxylic acids is 2. The Balaban J connectivity index is 1.71. The van der Waals surface area contributed by atoms with Crippen LogP contribution in [-0.2, 0) is 19.6 Å². The van der Waals surface area contributed by atoms with Crippen LogP contribution >= 0.6 is 0 Å². The fourth-order valence-electron chi connectivity index (χ4n) is 2.84. The summed E-state index contributed by atoms with van der Waals surface area (Å²) in [5.41, 5.74) is 0.989. The van der Waals surface area contributed by atoms with E-state index in [-0.39, 0.29) is 16.7 Å². The fraction of sp³-hybridized carbons (Fsp3) is 0.222. The van der Waals surface area contributed by atoms with Gasteiger partial charge in [-0.05, 0) is 55.0 Å². The lowest BCUT2D eigenvalue weighted by Gasteiger charge is -2.17. The molecule has 27 heavy (non-hydrogen) atoms. The van der Waals surface area contributed by atoms with E-state index in [9.17, 15) is 22.4 Å². The third-order valence-electron chi connectivity index (χ3n) is 4.13. The minimum absolute atomic E-state index is 0.00960. The highest BCUT2D eigenvalue weighted by atomic mass is 32.2. The molecule has 0 aliphatic carbocycles. The zero-order valence-corrected chi connectivity index (χ0v) is 15.3. The lowest BCUT2D eigenvalue weighted by atomic mass is 10.3. The second-order valence-corrected chi connectivity index (χ2v) is 7.85. The minimum atomic E-state index is -3.90. The van der Waals surface area contributed by atoms with Crippen LogP contribution in [0.15, 0.2) is 53.4 Å². The molecule has 0 radical (unpaired) electrons. The SMILES string of the molecule is CC(=O)Nc1ccc(S(=O)(=O)NC2CCN(c3ccc(F)cc3)C2=O)cc1. The lowest BCUT2D eigenvalue weighted by Crippen LogP contribution is -2.41. The van der Waals surface area contributed by atoms with Gasteiger partial charge < -0.3 is 10.2 Å². The van der Waals surface area contributed by atoms with Crippen LogP contribution in [0.1, 0.15) is 13.3 Å². The van der Waals surface area contributed by atoms with Crippen LogP contribution in [0.3, 0.4) is 0 Å². The van der Waals surface area contributed by atoms with E-state index in [0.717, 1.165) is 0 Å². The molecule has 142 valence electrons. The van der Waals surface area contributed by atoms with Crippen LogP contribution in [0, 0.1) is 5.82 Å². The number of carbonyl (C=O) groups is 2. The summed E-state index contributed by atoms with van der Waals surface area (Å²) in [6.07, 6.45) is 0.305. The average Bonchev–Trinajstić information content (AvgIpc) is 2.96. The third-order valence-corrected chi connectivity index (χ3v) is 5.61. The Morgan fingerprint density at radius 2 is 1.74 bits per heavy atom. The van der Waals surface area contributed by atoms with E-state index in [1.54, 1.807) is 0 Å². The van der Waals surface area contributed by atoms with Crippen LogP contribution in [0.25, 0.3) is 0 Å². The summed E-state index contributed by atoms with van der Waals surface area (Å²) in [6.45, 7) is 1.68. The van der Waals surface area contributed by atoms with Gasteiger partial charge in [-0.3, -0.25) is 9.59 Å². The number of amides is 2. The normalized spacial score (nSPS) is 17.2. The molecule has 7 nitrogen and oxygen atoms in total. The molecular weight excluding hydrogens is 373 g/mol. The molecule has 0 aromatic heterocycles. The third kappa shape index (κ3) is 4.32. The number of hydrogen-bond donors (Lipinski definition) is 2. The molecule has 3 rings (SSSR count). The second kappa shape index (κ2) is 7.45. The highest BCUT2D eigenvalue weighted by molar-refractivity contribution is 7.89. The van der Waals surface area contributed by atoms with Gasteiger partial charge >= 0.3 is 0 Å². The Labute approximate surface area is 156 Å². The van der Waals surface area contributed by atoms with E-state index in [1.807, 2.05) is 0 Å². The van der Waals surface area contributed by atoms with Crippen molar-refractivity contribution in [3.05, 3.63) is 54.3 Å². The van der Waals surface area contributed by atoms with Gasteiger partial charge in [0.1, 0.15) is 11.9 Å². The molecule has 2 amide bonds. The second-order valence-electron chi connectivity index (χ2n) is 6.13. The predicted octanol–water partition coefficient (Wildman–Crippen LogP) is 1.87. The van der Waals surface area contributed by atoms with Gasteiger partial charge in [0.15, 0.2) is 0 Å². The summed E-state index contributed by atoms with van der Waals surface area (Å²) < 4.78 is 40.5. The lowest BCUT2D eigenvalue weighted by molar-refractivity contribution is -0.118. The van der Waals surface area contributed by atoms with E-state index in [4.69, 9.17) is 0 Å². The summed E-state index contributed by atoms with van der Waals surface area (Å²) in [7, 11) is -3.90. The maximum Gasteiger partial charge on any atom is 0.245 e. The molecular formula is C18H18FN3O4S. The van der Waals surface area contributed by atoms with E-state index in [1.165, 1.54) is 60.4 Å². The van der Waals surface area contributed by atoms with Gasteiger partial charge in [0.25, 0.3) is 0 Å². The molecule has 0 saturated carbocycles. The first-order valence-corrected chi connectivity index (χ1v) is 9.71. The zero-order valence-electron chi connectivity index (χ0n) is 14.5. The molecule has 0 spiro atoms. The van der Waals surface area contributed by atoms with E-state index in [2.05, 4.69) is 10.0 Å². The molecule has 2 aromatic carbocycles. The van der Waals surface area contributed by atoms with Crippen molar-refractivity contribution < 1.29 is 22.4 Å². The number of anilines is 2. The standard InChI is InChI=1S/C18H18FN3O4S/c1-12(23)20-14-4-8-16(9-5-14)27(25,26)21-17-10-11-22(18(17)24)15-6-2-13(19)3-7-15/h2-9,17,21H,10-11H2,1H3,(H,20,23). The molecule has 0 bridgehead atoms. The van der Waals surface area contributed by atoms with Crippen molar-refractivity contribution in [3.63, 3.8) is 0 Å². The number of nitrogens with zero attached hydrogens (tertiary/aromatic N) is 1. The first-order chi connectivity index (χ1) is 12.8. The smallest absolute Gasteiger partial charge is 0.245 e. The van der Waals surface area contributed by atoms with Crippen molar-refractivity contribution in [2.75, 3.05) is 16.8 Å². The van der Waals surface area contributed by atoms with Gasteiger partial charge in [-0.2, -0.15) is 4.72 Å². The predicted molar refractivity (Wildman–Crippen MR) is 98.2 cm³/mol. The van der Waals surface area contributed by atoms with Gasteiger partial charge in [0.05, 0.1) is 4.90 Å². The molecule has 1 heterocycles. The van der Waals surface area contributed by atoms with Crippen LogP contribution < -0.4 is 14.9 Å². The Morgan fingerprint density at radius 1 is 1.11 bits per heavy atom. The molecule has 2 aromatic rings. The number of hydrogen-bond acceptors (Lipinski definition) is 4. The monoisotopic (exact) mass is 391 g/mol. The summed E-state index contributed by atoms with van der Waals surface area (Å²) >= 11 is 0. The number of benzene rings is 2. The molecule has 2 N–H and O–H groups in total. The van der Waals surface area contributed by atoms with Crippen LogP contribution in [0.4, 0.5) is 15.8 Å². The van der Waals surface area contributed by atoms with Gasteiger partial charge in [-0.15, -0.1) is 0 Å². The summed E-state index contributed by atoms with van der Waals surface area (Å²) in [6, 6.07) is 10.2. The summed E-state index contributed by atoms with van der Waals surface area (Å²) in [4.78, 5) is 25.0. The van der Waals surface area contributed by atoms with Gasteiger partial charge in [-0.25, -0.2) is 12.8 Å². The minimum Gasteiger partial charge on any atom is -0.326 e. The van der Waals surface area contributed by atoms with Crippen molar-refractivity contribution in [2.24, 2.45) is 0 Å². The first-order valence-electron chi connectivity index (χ1n) is 8.23. The maximum absolute atomic E-state index is 13.0. The molecule has 1 aliphatic heterocycles. The number of nitrogens with one attached hydrogen (secondary N) is 2. The Kier molecular flexibility index (Phi) is 5.24. The summed E-state index contributed by atoms with van der Waals surface area (Å²) in [5.74, 6) is -1.06. The first kappa shape index (κ1) is 19.0. The Bertz CT molecular complexity index is 959. The average molecular weight is 391 g/mol. The largest absolute Gasteiger partial charge is 0.326 e. The van der Waals surface area contributed by atoms with Crippen molar-refractivity contribution in [1.29, 1.82) is 0 Å². The molecule has 1 atom stereocenters. The van der Waals surface area contributed by atoms with E-state index in [0.29, 0.717) is 24.3 Å². The zero-order chi connectivity index (χ0) is 19.6. The topological polar surface area (TPSA) is 95.6 Å². The number of halogens is 1. The van der Waals surface area contributed by atoms with Gasteiger partial charge in [0, 0.05) is 24.8 Å². The van der Waals surface area contributed by atoms with Crippen molar-refractivity contribution in [3.8, 4) is 0 Å². The number of rotatable bonds is 5. The van der Waals surface area contributed by atoms with Crippen molar-refractivity contribution in [2.45, 2.75) is 24.3 Å². The molecule has 1 aliphatic rings. The highest BCUT2D eigenvalue weighted by Crippen LogP contribution is 2.23. The Morgan fingerprint density at radius 3 is 2.33 bits per heavy atom. The molecule has 9 heteroatoms. The van der Waals surface area contributed by atoms with Gasteiger partial charge in [0.2, 0.25) is 21.8 Å². The van der Waals surface area contributed by atoms with Crippen molar-refractivity contribution >= 4 is 33.2 Å². The van der Waals surface area contributed by atoms with Gasteiger partial charge in [-0.1, -0.05) is 0 Å². The van der Waals surface area contributed by atoms with E-state index >= 15 is 0 Å².